The SMILES string of the molecule is COC(=O)c1cc(NC(=O)c2cc(CC(=O)c3cc(NC(=O)c4cc(N)ccc4OC)ccc3OCCN)ccc2OC)ccc1OCCN. The van der Waals surface area contributed by atoms with Crippen LogP contribution < -0.4 is 46.8 Å². The number of ketones is 1. The lowest BCUT2D eigenvalue weighted by molar-refractivity contribution is 0.0595. The highest BCUT2D eigenvalue weighted by molar-refractivity contribution is 6.09. The van der Waals surface area contributed by atoms with Crippen molar-refractivity contribution >= 4 is 40.6 Å². The minimum Gasteiger partial charge on any atom is -0.496 e. The monoisotopic (exact) mass is 685 g/mol. The number of carbonyl (C=O) groups is 4. The summed E-state index contributed by atoms with van der Waals surface area (Å²) in [5.41, 5.74) is 19.1. The number of nitrogens with two attached hydrogens (primary N) is 3. The second-order valence-corrected chi connectivity index (χ2v) is 10.7. The average Bonchev–Trinajstić information content (AvgIpc) is 3.13. The summed E-state index contributed by atoms with van der Waals surface area (Å²) in [7, 11) is 4.09. The summed E-state index contributed by atoms with van der Waals surface area (Å²) in [5, 5.41) is 5.52. The van der Waals surface area contributed by atoms with Gasteiger partial charge in [0, 0.05) is 36.6 Å². The molecule has 2 amide bonds. The number of hydrogen-bond acceptors (Lipinski definition) is 12. The summed E-state index contributed by atoms with van der Waals surface area (Å²) in [5.74, 6) is -0.970. The Labute approximate surface area is 288 Å². The van der Waals surface area contributed by atoms with Crippen molar-refractivity contribution in [2.45, 2.75) is 6.42 Å². The molecule has 4 rings (SSSR count). The second kappa shape index (κ2) is 17.3. The van der Waals surface area contributed by atoms with E-state index in [0.717, 1.165) is 0 Å². The molecule has 4 aromatic carbocycles. The fourth-order valence-corrected chi connectivity index (χ4v) is 4.92. The Hall–Kier alpha value is -6.12. The van der Waals surface area contributed by atoms with Crippen LogP contribution in [0.5, 0.6) is 23.0 Å². The van der Waals surface area contributed by atoms with Crippen LogP contribution in [-0.4, -0.2) is 71.2 Å². The molecule has 0 aliphatic heterocycles. The van der Waals surface area contributed by atoms with Crippen LogP contribution in [0, 0.1) is 0 Å². The number of nitrogen functional groups attached to an aromatic ring is 1. The van der Waals surface area contributed by atoms with E-state index in [1.54, 1.807) is 42.5 Å². The second-order valence-electron chi connectivity index (χ2n) is 10.7. The van der Waals surface area contributed by atoms with Crippen LogP contribution in [0.3, 0.4) is 0 Å². The van der Waals surface area contributed by atoms with Crippen LogP contribution >= 0.6 is 0 Å². The molecular weight excluding hydrogens is 646 g/mol. The van der Waals surface area contributed by atoms with Gasteiger partial charge in [0.2, 0.25) is 0 Å². The Balaban J connectivity index is 1.59. The number of benzene rings is 4. The van der Waals surface area contributed by atoms with Crippen molar-refractivity contribution < 1.29 is 42.9 Å². The van der Waals surface area contributed by atoms with Crippen LogP contribution in [-0.2, 0) is 11.2 Å². The Kier molecular flexibility index (Phi) is 12.7. The van der Waals surface area contributed by atoms with Crippen LogP contribution in [0.1, 0.15) is 47.0 Å². The van der Waals surface area contributed by atoms with Crippen LogP contribution in [0.25, 0.3) is 0 Å². The van der Waals surface area contributed by atoms with Gasteiger partial charge in [-0.25, -0.2) is 4.79 Å². The number of nitrogens with one attached hydrogen (secondary N) is 2. The smallest absolute Gasteiger partial charge is 0.341 e. The highest BCUT2D eigenvalue weighted by Crippen LogP contribution is 2.29. The molecule has 0 saturated heterocycles. The molecule has 50 heavy (non-hydrogen) atoms. The van der Waals surface area contributed by atoms with Crippen molar-refractivity contribution in [2.24, 2.45) is 11.5 Å². The number of anilines is 3. The first-order valence-electron chi connectivity index (χ1n) is 15.4. The third-order valence-electron chi connectivity index (χ3n) is 7.27. The zero-order valence-corrected chi connectivity index (χ0v) is 27.9. The first kappa shape index (κ1) is 36.7. The van der Waals surface area contributed by atoms with E-state index >= 15 is 0 Å². The maximum absolute atomic E-state index is 13.8. The van der Waals surface area contributed by atoms with Gasteiger partial charge >= 0.3 is 5.97 Å². The fourth-order valence-electron chi connectivity index (χ4n) is 4.92. The summed E-state index contributed by atoms with van der Waals surface area (Å²) in [6.07, 6.45) is -0.136. The minimum absolute atomic E-state index is 0.100. The number of carbonyl (C=O) groups excluding carboxylic acids is 4. The predicted octanol–water partition coefficient (Wildman–Crippen LogP) is 3.68. The lowest BCUT2D eigenvalue weighted by atomic mass is 9.99. The van der Waals surface area contributed by atoms with Gasteiger partial charge < -0.3 is 51.5 Å². The van der Waals surface area contributed by atoms with Crippen molar-refractivity contribution in [3.63, 3.8) is 0 Å². The zero-order valence-electron chi connectivity index (χ0n) is 27.9. The van der Waals surface area contributed by atoms with Gasteiger partial charge in [0.15, 0.2) is 5.78 Å². The molecule has 0 atom stereocenters. The lowest BCUT2D eigenvalue weighted by Gasteiger charge is -2.15. The molecule has 262 valence electrons. The summed E-state index contributed by atoms with van der Waals surface area (Å²) in [4.78, 5) is 52.8. The normalized spacial score (nSPS) is 10.5. The molecule has 4 aromatic rings. The van der Waals surface area contributed by atoms with E-state index in [1.165, 1.54) is 51.7 Å². The number of methoxy groups -OCH3 is 3. The Morgan fingerprint density at radius 2 is 1.10 bits per heavy atom. The molecule has 0 radical (unpaired) electrons. The molecule has 0 heterocycles. The molecule has 14 nitrogen and oxygen atoms in total. The summed E-state index contributed by atoms with van der Waals surface area (Å²) < 4.78 is 26.9. The van der Waals surface area contributed by atoms with Gasteiger partial charge in [0.1, 0.15) is 41.8 Å². The van der Waals surface area contributed by atoms with E-state index in [1.807, 2.05) is 0 Å². The fraction of sp³-hybridized carbons (Fsp3) is 0.222. The van der Waals surface area contributed by atoms with Gasteiger partial charge in [0.25, 0.3) is 11.8 Å². The van der Waals surface area contributed by atoms with E-state index in [9.17, 15) is 19.2 Å². The van der Waals surface area contributed by atoms with Crippen molar-refractivity contribution in [1.29, 1.82) is 0 Å². The van der Waals surface area contributed by atoms with Crippen molar-refractivity contribution in [1.82, 2.24) is 0 Å². The summed E-state index contributed by atoms with van der Waals surface area (Å²) >= 11 is 0. The number of esters is 1. The maximum Gasteiger partial charge on any atom is 0.341 e. The highest BCUT2D eigenvalue weighted by atomic mass is 16.5. The van der Waals surface area contributed by atoms with Gasteiger partial charge in [-0.05, 0) is 72.3 Å². The molecule has 8 N–H and O–H groups in total. The highest BCUT2D eigenvalue weighted by Gasteiger charge is 2.21. The number of amides is 2. The topological polar surface area (TPSA) is 217 Å². The van der Waals surface area contributed by atoms with Gasteiger partial charge in [-0.1, -0.05) is 6.07 Å². The Morgan fingerprint density at radius 1 is 0.600 bits per heavy atom. The molecule has 0 fully saturated rings. The molecule has 0 aromatic heterocycles. The number of ether oxygens (including phenoxy) is 5. The zero-order chi connectivity index (χ0) is 36.2. The standard InChI is InChI=1S/C36H39N5O9/c1-46-30-8-4-21(16-26(30)34(43)41-24-7-11-33(50-15-13-38)28(20-24)36(45)48-3)17-29(42)25-19-23(6-10-32(25)49-14-12-37)40-35(44)27-18-22(39)5-9-31(27)47-2/h4-11,16,18-20H,12-15,17,37-39H2,1-3H3,(H,40,44)(H,41,43). The molecule has 0 aliphatic carbocycles. The first-order valence-corrected chi connectivity index (χ1v) is 15.4. The molecule has 0 bridgehead atoms. The predicted molar refractivity (Wildman–Crippen MR) is 188 cm³/mol. The van der Waals surface area contributed by atoms with E-state index in [2.05, 4.69) is 10.6 Å². The first-order chi connectivity index (χ1) is 24.1. The Morgan fingerprint density at radius 3 is 1.64 bits per heavy atom. The quantitative estimate of drug-likeness (QED) is 0.0649. The van der Waals surface area contributed by atoms with Crippen molar-refractivity contribution in [3.05, 3.63) is 101 Å². The van der Waals surface area contributed by atoms with E-state index < -0.39 is 17.8 Å². The third kappa shape index (κ3) is 9.06. The summed E-state index contributed by atoms with van der Waals surface area (Å²) in [6, 6.07) is 18.6. The average molecular weight is 686 g/mol. The van der Waals surface area contributed by atoms with Crippen molar-refractivity contribution in [3.8, 4) is 23.0 Å². The summed E-state index contributed by atoms with van der Waals surface area (Å²) in [6.45, 7) is 0.776. The Bertz CT molecular complexity index is 1880. The van der Waals surface area contributed by atoms with E-state index in [-0.39, 0.29) is 83.7 Å². The molecule has 0 spiro atoms. The number of rotatable bonds is 16. The van der Waals surface area contributed by atoms with Gasteiger partial charge in [0.05, 0.1) is 38.0 Å². The third-order valence-corrected chi connectivity index (χ3v) is 7.27. The molecule has 0 saturated carbocycles. The number of hydrogen-bond donors (Lipinski definition) is 5. The van der Waals surface area contributed by atoms with Crippen molar-refractivity contribution in [2.75, 3.05) is 64.0 Å². The molecule has 0 unspecified atom stereocenters. The molecule has 14 heteroatoms. The molecule has 0 aliphatic rings. The van der Waals surface area contributed by atoms with Crippen LogP contribution in [0.4, 0.5) is 17.1 Å². The van der Waals surface area contributed by atoms with E-state index in [0.29, 0.717) is 22.7 Å². The van der Waals surface area contributed by atoms with Crippen LogP contribution in [0.15, 0.2) is 72.8 Å². The molecular formula is C36H39N5O9. The lowest BCUT2D eigenvalue weighted by Crippen LogP contribution is -2.17. The minimum atomic E-state index is -0.658. The number of Topliss-reactive ketones (excluding diaryl/α,β-unsaturated/α-hetero) is 1. The van der Waals surface area contributed by atoms with E-state index in [4.69, 9.17) is 40.9 Å². The van der Waals surface area contributed by atoms with Gasteiger partial charge in [-0.3, -0.25) is 14.4 Å². The maximum atomic E-state index is 13.8. The van der Waals surface area contributed by atoms with Gasteiger partial charge in [-0.15, -0.1) is 0 Å². The van der Waals surface area contributed by atoms with Crippen LogP contribution in [0.2, 0.25) is 0 Å². The largest absolute Gasteiger partial charge is 0.496 e. The van der Waals surface area contributed by atoms with Gasteiger partial charge in [-0.2, -0.15) is 0 Å².